The molecule has 12 heteroatoms. The molecule has 0 saturated heterocycles. The summed E-state index contributed by atoms with van der Waals surface area (Å²) in [7, 11) is 1.87. The van der Waals surface area contributed by atoms with Crippen LogP contribution in [-0.4, -0.2) is 57.4 Å². The molecule has 1 aliphatic heterocycles. The van der Waals surface area contributed by atoms with E-state index < -0.39 is 0 Å². The summed E-state index contributed by atoms with van der Waals surface area (Å²) in [4.78, 5) is 9.59. The normalized spacial score (nSPS) is 13.1. The number of imidazole rings is 1. The summed E-state index contributed by atoms with van der Waals surface area (Å²) in [6.45, 7) is 4.65. The number of aromatic nitrogens is 9. The van der Waals surface area contributed by atoms with Gasteiger partial charge in [0.05, 0.1) is 18.1 Å². The summed E-state index contributed by atoms with van der Waals surface area (Å²) in [5.41, 5.74) is 3.09. The van der Waals surface area contributed by atoms with Crippen molar-refractivity contribution in [2.45, 2.75) is 19.9 Å². The molecule has 0 saturated carbocycles. The first-order valence-electron chi connectivity index (χ1n) is 9.21. The number of halogens is 2. The van der Waals surface area contributed by atoms with E-state index in [9.17, 15) is 0 Å². The van der Waals surface area contributed by atoms with Crippen LogP contribution in [0.1, 0.15) is 11.5 Å². The van der Waals surface area contributed by atoms with Gasteiger partial charge in [-0.05, 0) is 19.1 Å². The van der Waals surface area contributed by atoms with E-state index in [0.717, 1.165) is 49.0 Å². The number of aryl methyl sites for hydroxylation is 2. The SMILES string of the molecule is Cc1ccc(-c2nc(-c3cn4c(n3)CCNCC4)n(-c3cnn(C)c3)n2)nn1.Cl.Cl. The highest BCUT2D eigenvalue weighted by atomic mass is 35.5. The Balaban J connectivity index is 0.00000128. The van der Waals surface area contributed by atoms with Gasteiger partial charge < -0.3 is 9.88 Å². The lowest BCUT2D eigenvalue weighted by atomic mass is 10.3. The van der Waals surface area contributed by atoms with Gasteiger partial charge in [0.2, 0.25) is 5.82 Å². The maximum atomic E-state index is 4.83. The van der Waals surface area contributed by atoms with Crippen molar-refractivity contribution in [2.75, 3.05) is 13.1 Å². The van der Waals surface area contributed by atoms with Gasteiger partial charge in [0, 0.05) is 39.3 Å². The van der Waals surface area contributed by atoms with Crippen molar-refractivity contribution < 1.29 is 0 Å². The van der Waals surface area contributed by atoms with Gasteiger partial charge in [0.1, 0.15) is 22.9 Å². The quantitative estimate of drug-likeness (QED) is 0.507. The summed E-state index contributed by atoms with van der Waals surface area (Å²) >= 11 is 0. The Kier molecular flexibility index (Phi) is 6.49. The van der Waals surface area contributed by atoms with Crippen molar-refractivity contribution in [3.05, 3.63) is 42.2 Å². The number of nitrogens with one attached hydrogen (secondary N) is 1. The second-order valence-corrected chi connectivity index (χ2v) is 6.84. The van der Waals surface area contributed by atoms with E-state index in [4.69, 9.17) is 9.97 Å². The second kappa shape index (κ2) is 8.90. The van der Waals surface area contributed by atoms with E-state index in [-0.39, 0.29) is 24.8 Å². The molecule has 5 rings (SSSR count). The third-order valence-electron chi connectivity index (χ3n) is 4.71. The third-order valence-corrected chi connectivity index (χ3v) is 4.71. The number of hydrogen-bond donors (Lipinski definition) is 1. The molecule has 5 heterocycles. The minimum atomic E-state index is 0. The first-order chi connectivity index (χ1) is 13.7. The molecule has 4 aromatic heterocycles. The predicted octanol–water partition coefficient (Wildman–Crippen LogP) is 1.62. The second-order valence-electron chi connectivity index (χ2n) is 6.84. The molecule has 10 nitrogen and oxygen atoms in total. The fourth-order valence-corrected chi connectivity index (χ4v) is 3.28. The zero-order chi connectivity index (χ0) is 19.1. The Morgan fingerprint density at radius 2 is 1.87 bits per heavy atom. The van der Waals surface area contributed by atoms with E-state index in [1.807, 2.05) is 38.5 Å². The number of hydrogen-bond acceptors (Lipinski definition) is 7. The first-order valence-corrected chi connectivity index (χ1v) is 9.21. The molecular formula is C18H22Cl2N10. The molecule has 0 radical (unpaired) electrons. The highest BCUT2D eigenvalue weighted by Gasteiger charge is 2.21. The molecule has 0 atom stereocenters. The maximum absolute atomic E-state index is 4.83. The van der Waals surface area contributed by atoms with Crippen LogP contribution in [0.4, 0.5) is 0 Å². The number of fused-ring (bicyclic) bond motifs is 1. The largest absolute Gasteiger partial charge is 0.333 e. The van der Waals surface area contributed by atoms with Crippen LogP contribution in [0, 0.1) is 6.92 Å². The topological polar surface area (TPSA) is 104 Å². The standard InChI is InChI=1S/C18H20N10.2ClH/c1-12-3-4-14(24-23-12)17-22-18(28(25-17)13-9-20-26(2)10-13)15-11-27-8-7-19-6-5-16(27)21-15;;/h3-4,9-11,19H,5-8H2,1-2H3;2*1H. The van der Waals surface area contributed by atoms with Gasteiger partial charge in [-0.2, -0.15) is 10.2 Å². The lowest BCUT2D eigenvalue weighted by Crippen LogP contribution is -2.17. The van der Waals surface area contributed by atoms with Crippen LogP contribution in [0.3, 0.4) is 0 Å². The summed E-state index contributed by atoms with van der Waals surface area (Å²) in [6.07, 6.45) is 6.59. The Morgan fingerprint density at radius 3 is 2.60 bits per heavy atom. The molecule has 1 aliphatic rings. The molecule has 1 N–H and O–H groups in total. The highest BCUT2D eigenvalue weighted by Crippen LogP contribution is 2.24. The van der Waals surface area contributed by atoms with Crippen molar-refractivity contribution in [3.63, 3.8) is 0 Å². The zero-order valence-electron chi connectivity index (χ0n) is 16.6. The van der Waals surface area contributed by atoms with Gasteiger partial charge >= 0.3 is 0 Å². The molecule has 0 unspecified atom stereocenters. The van der Waals surface area contributed by atoms with E-state index in [0.29, 0.717) is 17.3 Å². The van der Waals surface area contributed by atoms with Crippen LogP contribution >= 0.6 is 24.8 Å². The fourth-order valence-electron chi connectivity index (χ4n) is 3.28. The van der Waals surface area contributed by atoms with Crippen molar-refractivity contribution >= 4 is 24.8 Å². The maximum Gasteiger partial charge on any atom is 0.202 e. The minimum Gasteiger partial charge on any atom is -0.333 e. The molecule has 0 aromatic carbocycles. The van der Waals surface area contributed by atoms with Gasteiger partial charge in [0.25, 0.3) is 0 Å². The fraction of sp³-hybridized carbons (Fsp3) is 0.333. The van der Waals surface area contributed by atoms with Crippen molar-refractivity contribution in [2.24, 2.45) is 7.05 Å². The zero-order valence-corrected chi connectivity index (χ0v) is 18.2. The van der Waals surface area contributed by atoms with Gasteiger partial charge in [-0.15, -0.1) is 35.0 Å². The Bertz CT molecular complexity index is 1110. The summed E-state index contributed by atoms with van der Waals surface area (Å²) in [6, 6.07) is 3.78. The average Bonchev–Trinajstić information content (AvgIpc) is 3.38. The molecule has 158 valence electrons. The van der Waals surface area contributed by atoms with Crippen LogP contribution in [0.15, 0.2) is 30.7 Å². The molecular weight excluding hydrogens is 427 g/mol. The first kappa shape index (κ1) is 21.9. The predicted molar refractivity (Wildman–Crippen MR) is 116 cm³/mol. The van der Waals surface area contributed by atoms with Gasteiger partial charge in [-0.25, -0.2) is 14.6 Å². The van der Waals surface area contributed by atoms with Crippen molar-refractivity contribution in [1.29, 1.82) is 0 Å². The van der Waals surface area contributed by atoms with Crippen LogP contribution in [0.2, 0.25) is 0 Å². The Morgan fingerprint density at radius 1 is 1.00 bits per heavy atom. The number of nitrogens with zero attached hydrogens (tertiary/aromatic N) is 9. The molecule has 0 bridgehead atoms. The lowest BCUT2D eigenvalue weighted by Gasteiger charge is -2.00. The minimum absolute atomic E-state index is 0. The average molecular weight is 449 g/mol. The molecule has 0 aliphatic carbocycles. The third kappa shape index (κ3) is 4.07. The monoisotopic (exact) mass is 448 g/mol. The lowest BCUT2D eigenvalue weighted by molar-refractivity contribution is 0.646. The Labute approximate surface area is 185 Å². The van der Waals surface area contributed by atoms with Crippen LogP contribution in [0.25, 0.3) is 28.7 Å². The van der Waals surface area contributed by atoms with Crippen molar-refractivity contribution in [1.82, 2.24) is 49.6 Å². The van der Waals surface area contributed by atoms with Crippen LogP contribution < -0.4 is 5.32 Å². The molecule has 4 aromatic rings. The van der Waals surface area contributed by atoms with Crippen LogP contribution in [-0.2, 0) is 20.0 Å². The van der Waals surface area contributed by atoms with Crippen molar-refractivity contribution in [3.8, 4) is 28.7 Å². The van der Waals surface area contributed by atoms with E-state index in [1.165, 1.54) is 0 Å². The Hall–Kier alpha value is -2.82. The number of rotatable bonds is 3. The molecule has 0 amide bonds. The van der Waals surface area contributed by atoms with Crippen LogP contribution in [0.5, 0.6) is 0 Å². The molecule has 0 fully saturated rings. The van der Waals surface area contributed by atoms with E-state index >= 15 is 0 Å². The summed E-state index contributed by atoms with van der Waals surface area (Å²) in [5, 5.41) is 20.7. The van der Waals surface area contributed by atoms with Gasteiger partial charge in [-0.1, -0.05) is 0 Å². The van der Waals surface area contributed by atoms with E-state index in [1.54, 1.807) is 15.6 Å². The molecule has 0 spiro atoms. The smallest absolute Gasteiger partial charge is 0.202 e. The molecule has 30 heavy (non-hydrogen) atoms. The summed E-state index contributed by atoms with van der Waals surface area (Å²) < 4.78 is 5.69. The van der Waals surface area contributed by atoms with E-state index in [2.05, 4.69) is 30.3 Å². The highest BCUT2D eigenvalue weighted by molar-refractivity contribution is 5.85. The van der Waals surface area contributed by atoms with Gasteiger partial charge in [-0.3, -0.25) is 4.68 Å². The summed E-state index contributed by atoms with van der Waals surface area (Å²) in [5.74, 6) is 2.23. The van der Waals surface area contributed by atoms with Gasteiger partial charge in [0.15, 0.2) is 5.82 Å².